The fraction of sp³-hybridized carbons (Fsp3) is 0. The number of benzene rings is 3. The van der Waals surface area contributed by atoms with Crippen molar-refractivity contribution in [1.29, 1.82) is 0 Å². The number of aromatic nitrogens is 1. The van der Waals surface area contributed by atoms with Crippen molar-refractivity contribution in [2.45, 2.75) is 4.90 Å². The first-order valence-corrected chi connectivity index (χ1v) is 10.7. The molecule has 0 saturated heterocycles. The van der Waals surface area contributed by atoms with E-state index in [-0.39, 0.29) is 4.90 Å². The Morgan fingerprint density at radius 1 is 0.704 bits per heavy atom. The molecular weight excluding hydrogens is 376 g/mol. The van der Waals surface area contributed by atoms with Crippen LogP contribution in [0, 0.1) is 0 Å². The zero-order chi connectivity index (χ0) is 18.7. The van der Waals surface area contributed by atoms with Crippen molar-refractivity contribution in [3.63, 3.8) is 0 Å². The van der Waals surface area contributed by atoms with E-state index >= 15 is 0 Å². The van der Waals surface area contributed by atoms with Crippen LogP contribution in [0.3, 0.4) is 0 Å². The van der Waals surface area contributed by atoms with Gasteiger partial charge in [0.25, 0.3) is 10.0 Å². The van der Waals surface area contributed by atoms with Crippen LogP contribution in [0.4, 0.5) is 5.13 Å². The molecular formula is C21H16N2O2S2. The highest BCUT2D eigenvalue weighted by molar-refractivity contribution is 7.93. The lowest BCUT2D eigenvalue weighted by Crippen LogP contribution is -2.12. The molecule has 0 radical (unpaired) electrons. The van der Waals surface area contributed by atoms with Crippen LogP contribution < -0.4 is 4.72 Å². The summed E-state index contributed by atoms with van der Waals surface area (Å²) in [5.41, 5.74) is 3.71. The molecule has 0 unspecified atom stereocenters. The average molecular weight is 393 g/mol. The molecule has 0 amide bonds. The predicted octanol–water partition coefficient (Wildman–Crippen LogP) is 5.28. The Bertz CT molecular complexity index is 1140. The van der Waals surface area contributed by atoms with E-state index in [1.807, 2.05) is 66.0 Å². The highest BCUT2D eigenvalue weighted by Crippen LogP contribution is 2.27. The van der Waals surface area contributed by atoms with Crippen molar-refractivity contribution >= 4 is 26.5 Å². The van der Waals surface area contributed by atoms with Crippen molar-refractivity contribution in [3.8, 4) is 22.4 Å². The van der Waals surface area contributed by atoms with Crippen LogP contribution in [0.2, 0.25) is 0 Å². The molecule has 27 heavy (non-hydrogen) atoms. The molecule has 0 saturated carbocycles. The normalized spacial score (nSPS) is 11.3. The maximum atomic E-state index is 12.7. The van der Waals surface area contributed by atoms with Gasteiger partial charge in [-0.05, 0) is 23.3 Å². The largest absolute Gasteiger partial charge is 0.263 e. The Morgan fingerprint density at radius 3 is 1.89 bits per heavy atom. The van der Waals surface area contributed by atoms with Crippen LogP contribution in [0.25, 0.3) is 22.4 Å². The Morgan fingerprint density at radius 2 is 1.26 bits per heavy atom. The minimum absolute atomic E-state index is 0.207. The van der Waals surface area contributed by atoms with Gasteiger partial charge in [0.2, 0.25) is 0 Å². The molecule has 0 fully saturated rings. The van der Waals surface area contributed by atoms with Gasteiger partial charge in [0.05, 0.1) is 10.6 Å². The molecule has 1 N–H and O–H groups in total. The van der Waals surface area contributed by atoms with Crippen LogP contribution in [0.5, 0.6) is 0 Å². The Balaban J connectivity index is 1.55. The topological polar surface area (TPSA) is 59.1 Å². The minimum atomic E-state index is -3.68. The molecule has 4 rings (SSSR count). The van der Waals surface area contributed by atoms with E-state index in [1.165, 1.54) is 11.3 Å². The first-order chi connectivity index (χ1) is 13.1. The molecule has 0 aliphatic heterocycles. The van der Waals surface area contributed by atoms with E-state index < -0.39 is 10.0 Å². The molecule has 0 spiro atoms. The van der Waals surface area contributed by atoms with Crippen molar-refractivity contribution in [1.82, 2.24) is 4.98 Å². The number of thiazole rings is 1. The molecule has 3 aromatic carbocycles. The molecule has 0 aliphatic carbocycles. The summed E-state index contributed by atoms with van der Waals surface area (Å²) in [6, 6.07) is 26.3. The summed E-state index contributed by atoms with van der Waals surface area (Å²) in [5.74, 6) is 0. The van der Waals surface area contributed by atoms with Crippen LogP contribution in [0.15, 0.2) is 95.2 Å². The lowest BCUT2D eigenvalue weighted by atomic mass is 10.1. The SMILES string of the molecule is O=S(=O)(Nc1nc(-c2ccccc2)cs1)c1ccc(-c2ccccc2)cc1. The molecule has 0 aliphatic rings. The molecule has 1 heterocycles. The number of anilines is 1. The summed E-state index contributed by atoms with van der Waals surface area (Å²) >= 11 is 1.26. The number of rotatable bonds is 5. The summed E-state index contributed by atoms with van der Waals surface area (Å²) < 4.78 is 27.9. The predicted molar refractivity (Wildman–Crippen MR) is 110 cm³/mol. The van der Waals surface area contributed by atoms with Crippen LogP contribution in [-0.2, 0) is 10.0 Å². The van der Waals surface area contributed by atoms with E-state index in [9.17, 15) is 8.42 Å². The van der Waals surface area contributed by atoms with E-state index in [2.05, 4.69) is 9.71 Å². The molecule has 6 heteroatoms. The highest BCUT2D eigenvalue weighted by Gasteiger charge is 2.16. The molecule has 134 valence electrons. The number of hydrogen-bond donors (Lipinski definition) is 1. The highest BCUT2D eigenvalue weighted by atomic mass is 32.2. The van der Waals surface area contributed by atoms with E-state index in [0.717, 1.165) is 22.4 Å². The summed E-state index contributed by atoms with van der Waals surface area (Å²) in [6.07, 6.45) is 0. The van der Waals surface area contributed by atoms with Gasteiger partial charge in [0.15, 0.2) is 5.13 Å². The fourth-order valence-electron chi connectivity index (χ4n) is 2.69. The number of hydrogen-bond acceptors (Lipinski definition) is 4. The third-order valence-corrected chi connectivity index (χ3v) is 6.31. The lowest BCUT2D eigenvalue weighted by molar-refractivity contribution is 0.601. The first-order valence-electron chi connectivity index (χ1n) is 8.31. The number of nitrogens with one attached hydrogen (secondary N) is 1. The van der Waals surface area contributed by atoms with E-state index in [0.29, 0.717) is 5.13 Å². The minimum Gasteiger partial charge on any atom is -0.255 e. The maximum Gasteiger partial charge on any atom is 0.263 e. The van der Waals surface area contributed by atoms with Crippen LogP contribution in [-0.4, -0.2) is 13.4 Å². The Labute approximate surface area is 162 Å². The van der Waals surface area contributed by atoms with Gasteiger partial charge in [-0.3, -0.25) is 4.72 Å². The van der Waals surface area contributed by atoms with Gasteiger partial charge in [0, 0.05) is 10.9 Å². The zero-order valence-electron chi connectivity index (χ0n) is 14.2. The third-order valence-electron chi connectivity index (χ3n) is 4.07. The Kier molecular flexibility index (Phi) is 4.75. The van der Waals surface area contributed by atoms with Crippen molar-refractivity contribution < 1.29 is 8.42 Å². The second-order valence-corrected chi connectivity index (χ2v) is 8.44. The molecule has 0 atom stereocenters. The summed E-state index contributed by atoms with van der Waals surface area (Å²) in [7, 11) is -3.68. The van der Waals surface area contributed by atoms with Gasteiger partial charge in [-0.1, -0.05) is 72.8 Å². The van der Waals surface area contributed by atoms with Gasteiger partial charge in [0.1, 0.15) is 0 Å². The second-order valence-electron chi connectivity index (χ2n) is 5.90. The molecule has 1 aromatic heterocycles. The third kappa shape index (κ3) is 3.92. The summed E-state index contributed by atoms with van der Waals surface area (Å²) in [5, 5.41) is 2.19. The maximum absolute atomic E-state index is 12.7. The lowest BCUT2D eigenvalue weighted by Gasteiger charge is -2.07. The summed E-state index contributed by atoms with van der Waals surface area (Å²) in [6.45, 7) is 0. The average Bonchev–Trinajstić information content (AvgIpc) is 3.17. The van der Waals surface area contributed by atoms with Crippen molar-refractivity contribution in [2.24, 2.45) is 0 Å². The zero-order valence-corrected chi connectivity index (χ0v) is 15.9. The van der Waals surface area contributed by atoms with Gasteiger partial charge < -0.3 is 0 Å². The van der Waals surface area contributed by atoms with Gasteiger partial charge in [-0.2, -0.15) is 0 Å². The monoisotopic (exact) mass is 392 g/mol. The quantitative estimate of drug-likeness (QED) is 0.503. The summed E-state index contributed by atoms with van der Waals surface area (Å²) in [4.78, 5) is 4.59. The molecule has 4 aromatic rings. The Hall–Kier alpha value is -2.96. The number of nitrogens with zero attached hydrogens (tertiary/aromatic N) is 1. The van der Waals surface area contributed by atoms with E-state index in [1.54, 1.807) is 24.3 Å². The van der Waals surface area contributed by atoms with Crippen molar-refractivity contribution in [3.05, 3.63) is 90.3 Å². The molecule has 4 nitrogen and oxygen atoms in total. The number of sulfonamides is 1. The standard InChI is InChI=1S/C21H16N2O2S2/c24-27(25,19-13-11-17(12-14-19)16-7-3-1-4-8-16)23-21-22-20(15-26-21)18-9-5-2-6-10-18/h1-15H,(H,22,23). The molecule has 0 bridgehead atoms. The van der Waals surface area contributed by atoms with E-state index in [4.69, 9.17) is 0 Å². The first kappa shape index (κ1) is 17.5. The van der Waals surface area contributed by atoms with Gasteiger partial charge in [-0.15, -0.1) is 11.3 Å². The second kappa shape index (κ2) is 7.34. The van der Waals surface area contributed by atoms with Crippen LogP contribution >= 0.6 is 11.3 Å². The smallest absolute Gasteiger partial charge is 0.255 e. The van der Waals surface area contributed by atoms with Crippen molar-refractivity contribution in [2.75, 3.05) is 4.72 Å². The van der Waals surface area contributed by atoms with Gasteiger partial charge >= 0.3 is 0 Å². The van der Waals surface area contributed by atoms with Crippen LogP contribution in [0.1, 0.15) is 0 Å². The fourth-order valence-corrected chi connectivity index (χ4v) is 4.67. The van der Waals surface area contributed by atoms with Gasteiger partial charge in [-0.25, -0.2) is 13.4 Å².